The molecule has 0 saturated heterocycles. The van der Waals surface area contributed by atoms with Gasteiger partial charge in [-0.05, 0) is 31.4 Å². The van der Waals surface area contributed by atoms with Crippen LogP contribution in [0.25, 0.3) is 16.8 Å². The Balaban J connectivity index is 1.65. The zero-order chi connectivity index (χ0) is 19.8. The topological polar surface area (TPSA) is 85.4 Å². The lowest BCUT2D eigenvalue weighted by Gasteiger charge is -2.23. The lowest BCUT2D eigenvalue weighted by Crippen LogP contribution is -2.34. The van der Waals surface area contributed by atoms with E-state index in [1.807, 2.05) is 13.2 Å². The number of likely N-dealkylation sites (N-methyl/N-ethyl adjacent to an activating group) is 1. The van der Waals surface area contributed by atoms with Crippen LogP contribution in [0, 0.1) is 5.92 Å². The number of rotatable bonds is 5. The third-order valence-corrected chi connectivity index (χ3v) is 5.47. The average molecular weight is 378 g/mol. The van der Waals surface area contributed by atoms with Gasteiger partial charge in [0.15, 0.2) is 5.78 Å². The fourth-order valence-corrected chi connectivity index (χ4v) is 3.87. The molecule has 8 heteroatoms. The standard InChI is InChI=1S/C20H22N6O2/c1-4-18(27)25(3)15-6-5-13(9-15)20(28)19-17-7-8-21-26(17)12-16(23-19)14-10-22-24(2)11-14/h4,7-8,10-13,15H,1,5-6,9H2,2-3H3/t13-,15-/m0/s1. The summed E-state index contributed by atoms with van der Waals surface area (Å²) in [6.45, 7) is 3.54. The first-order valence-corrected chi connectivity index (χ1v) is 9.24. The molecule has 3 aromatic rings. The van der Waals surface area contributed by atoms with Gasteiger partial charge in [-0.3, -0.25) is 14.3 Å². The molecule has 0 bridgehead atoms. The quantitative estimate of drug-likeness (QED) is 0.501. The number of aromatic nitrogens is 5. The van der Waals surface area contributed by atoms with Gasteiger partial charge in [0.1, 0.15) is 5.69 Å². The first-order valence-electron chi connectivity index (χ1n) is 9.24. The zero-order valence-corrected chi connectivity index (χ0v) is 15.9. The first-order chi connectivity index (χ1) is 13.5. The van der Waals surface area contributed by atoms with Crippen molar-refractivity contribution in [1.29, 1.82) is 0 Å². The molecule has 0 unspecified atom stereocenters. The van der Waals surface area contributed by atoms with Crippen LogP contribution in [0.3, 0.4) is 0 Å². The minimum Gasteiger partial charge on any atom is -0.339 e. The highest BCUT2D eigenvalue weighted by atomic mass is 16.2. The summed E-state index contributed by atoms with van der Waals surface area (Å²) in [7, 11) is 3.60. The maximum atomic E-state index is 13.3. The minimum absolute atomic E-state index is 0.00167. The van der Waals surface area contributed by atoms with Crippen LogP contribution in [0.4, 0.5) is 0 Å². The Labute approximate surface area is 162 Å². The Kier molecular flexibility index (Phi) is 4.54. The number of carbonyl (C=O) groups is 2. The monoisotopic (exact) mass is 378 g/mol. The van der Waals surface area contributed by atoms with Crippen LogP contribution in [0.1, 0.15) is 29.8 Å². The molecule has 8 nitrogen and oxygen atoms in total. The molecule has 2 atom stereocenters. The molecule has 28 heavy (non-hydrogen) atoms. The van der Waals surface area contributed by atoms with E-state index in [-0.39, 0.29) is 23.7 Å². The van der Waals surface area contributed by atoms with Crippen molar-refractivity contribution in [2.45, 2.75) is 25.3 Å². The van der Waals surface area contributed by atoms with Gasteiger partial charge in [-0.25, -0.2) is 9.50 Å². The molecule has 1 saturated carbocycles. The van der Waals surface area contributed by atoms with E-state index in [0.29, 0.717) is 23.3 Å². The number of Topliss-reactive ketones (excluding diaryl/α,β-unsaturated/α-hetero) is 1. The highest BCUT2D eigenvalue weighted by Gasteiger charge is 2.35. The van der Waals surface area contributed by atoms with Crippen molar-refractivity contribution in [3.63, 3.8) is 0 Å². The predicted octanol–water partition coefficient (Wildman–Crippen LogP) is 2.13. The lowest BCUT2D eigenvalue weighted by atomic mass is 9.98. The van der Waals surface area contributed by atoms with E-state index in [4.69, 9.17) is 0 Å². The maximum absolute atomic E-state index is 13.3. The summed E-state index contributed by atoms with van der Waals surface area (Å²) < 4.78 is 3.38. The van der Waals surface area contributed by atoms with Crippen molar-refractivity contribution in [2.75, 3.05) is 7.05 Å². The fourth-order valence-electron chi connectivity index (χ4n) is 3.87. The van der Waals surface area contributed by atoms with Gasteiger partial charge < -0.3 is 4.90 Å². The van der Waals surface area contributed by atoms with Crippen LogP contribution < -0.4 is 0 Å². The second-order valence-corrected chi connectivity index (χ2v) is 7.22. The summed E-state index contributed by atoms with van der Waals surface area (Å²) in [5, 5.41) is 8.48. The van der Waals surface area contributed by atoms with Crippen LogP contribution in [-0.2, 0) is 11.8 Å². The molecule has 0 radical (unpaired) electrons. The van der Waals surface area contributed by atoms with Crippen molar-refractivity contribution in [1.82, 2.24) is 29.3 Å². The molecule has 1 aliphatic rings. The van der Waals surface area contributed by atoms with Gasteiger partial charge in [0.05, 0.1) is 29.8 Å². The molecule has 0 N–H and O–H groups in total. The number of carbonyl (C=O) groups excluding carboxylic acids is 2. The van der Waals surface area contributed by atoms with Gasteiger partial charge in [0.2, 0.25) is 5.91 Å². The third-order valence-electron chi connectivity index (χ3n) is 5.47. The van der Waals surface area contributed by atoms with E-state index in [2.05, 4.69) is 21.8 Å². The number of aryl methyl sites for hydroxylation is 1. The molecule has 1 fully saturated rings. The van der Waals surface area contributed by atoms with Crippen LogP contribution in [0.2, 0.25) is 0 Å². The van der Waals surface area contributed by atoms with E-state index in [9.17, 15) is 9.59 Å². The zero-order valence-electron chi connectivity index (χ0n) is 15.9. The second-order valence-electron chi connectivity index (χ2n) is 7.22. The largest absolute Gasteiger partial charge is 0.339 e. The molecule has 0 aliphatic heterocycles. The van der Waals surface area contributed by atoms with E-state index < -0.39 is 0 Å². The summed E-state index contributed by atoms with van der Waals surface area (Å²) in [6.07, 6.45) is 10.5. The second kappa shape index (κ2) is 7.03. The number of fused-ring (bicyclic) bond motifs is 1. The highest BCUT2D eigenvalue weighted by Crippen LogP contribution is 2.32. The van der Waals surface area contributed by atoms with Crippen molar-refractivity contribution in [2.24, 2.45) is 13.0 Å². The van der Waals surface area contributed by atoms with Crippen LogP contribution in [-0.4, -0.2) is 54.1 Å². The summed E-state index contributed by atoms with van der Waals surface area (Å²) in [5.41, 5.74) is 2.59. The normalized spacial score (nSPS) is 19.1. The Bertz CT molecular complexity index is 1070. The Morgan fingerprint density at radius 3 is 2.82 bits per heavy atom. The number of amides is 1. The summed E-state index contributed by atoms with van der Waals surface area (Å²) >= 11 is 0. The molecule has 3 heterocycles. The van der Waals surface area contributed by atoms with Gasteiger partial charge in [-0.1, -0.05) is 6.58 Å². The Morgan fingerprint density at radius 2 is 2.11 bits per heavy atom. The molecule has 4 rings (SSSR count). The summed E-state index contributed by atoms with van der Waals surface area (Å²) in [6, 6.07) is 1.84. The fraction of sp³-hybridized carbons (Fsp3) is 0.350. The number of hydrogen-bond donors (Lipinski definition) is 0. The number of ketones is 1. The van der Waals surface area contributed by atoms with Crippen molar-refractivity contribution < 1.29 is 9.59 Å². The summed E-state index contributed by atoms with van der Waals surface area (Å²) in [5.74, 6) is -0.286. The SMILES string of the molecule is C=CC(=O)N(C)[C@H]1CC[C@H](C(=O)c2nc(-c3cnn(C)c3)cn3nccc23)C1. The van der Waals surface area contributed by atoms with Gasteiger partial charge in [-0.15, -0.1) is 0 Å². The summed E-state index contributed by atoms with van der Waals surface area (Å²) in [4.78, 5) is 31.5. The van der Waals surface area contributed by atoms with Crippen molar-refractivity contribution in [3.05, 3.63) is 49.2 Å². The van der Waals surface area contributed by atoms with E-state index >= 15 is 0 Å². The number of hydrogen-bond acceptors (Lipinski definition) is 5. The van der Waals surface area contributed by atoms with Crippen LogP contribution >= 0.6 is 0 Å². The minimum atomic E-state index is -0.166. The Morgan fingerprint density at radius 1 is 1.29 bits per heavy atom. The third kappa shape index (κ3) is 3.11. The predicted molar refractivity (Wildman–Crippen MR) is 104 cm³/mol. The van der Waals surface area contributed by atoms with Crippen molar-refractivity contribution >= 4 is 17.2 Å². The molecule has 144 valence electrons. The van der Waals surface area contributed by atoms with Crippen molar-refractivity contribution in [3.8, 4) is 11.3 Å². The van der Waals surface area contributed by atoms with Gasteiger partial charge in [-0.2, -0.15) is 10.2 Å². The van der Waals surface area contributed by atoms with Gasteiger partial charge in [0.25, 0.3) is 0 Å². The molecule has 0 spiro atoms. The Hall–Kier alpha value is -3.29. The van der Waals surface area contributed by atoms with Gasteiger partial charge in [0, 0.05) is 37.8 Å². The molecule has 0 aromatic carbocycles. The van der Waals surface area contributed by atoms with Crippen LogP contribution in [0.15, 0.2) is 43.5 Å². The van der Waals surface area contributed by atoms with E-state index in [0.717, 1.165) is 18.4 Å². The molecular weight excluding hydrogens is 356 g/mol. The van der Waals surface area contributed by atoms with E-state index in [1.165, 1.54) is 6.08 Å². The lowest BCUT2D eigenvalue weighted by molar-refractivity contribution is -0.126. The van der Waals surface area contributed by atoms with Gasteiger partial charge >= 0.3 is 0 Å². The molecule has 3 aromatic heterocycles. The number of nitrogens with zero attached hydrogens (tertiary/aromatic N) is 6. The molecular formula is C20H22N6O2. The average Bonchev–Trinajstić information content (AvgIpc) is 3.45. The first kappa shape index (κ1) is 18.1. The highest BCUT2D eigenvalue weighted by molar-refractivity contribution is 6.02. The maximum Gasteiger partial charge on any atom is 0.245 e. The van der Waals surface area contributed by atoms with E-state index in [1.54, 1.807) is 45.8 Å². The smallest absolute Gasteiger partial charge is 0.245 e. The molecule has 1 aliphatic carbocycles. The van der Waals surface area contributed by atoms with Crippen LogP contribution in [0.5, 0.6) is 0 Å². The molecule has 1 amide bonds.